The minimum atomic E-state index is -0.0878. The van der Waals surface area contributed by atoms with Crippen molar-refractivity contribution in [2.75, 3.05) is 0 Å². The van der Waals surface area contributed by atoms with Crippen LogP contribution < -0.4 is 17.0 Å². The van der Waals surface area contributed by atoms with Crippen molar-refractivity contribution in [2.45, 2.75) is 6.92 Å². The second-order valence-electron chi connectivity index (χ2n) is 4.74. The number of nitrogens with two attached hydrogens (primary N) is 2. The maximum absolute atomic E-state index is 11.4. The number of aromatic nitrogens is 1. The van der Waals surface area contributed by atoms with Gasteiger partial charge in [-0.1, -0.05) is 18.2 Å². The Morgan fingerprint density at radius 1 is 1.10 bits per heavy atom. The van der Waals surface area contributed by atoms with E-state index in [9.17, 15) is 4.79 Å². The van der Waals surface area contributed by atoms with Gasteiger partial charge in [0.05, 0.1) is 5.69 Å². The van der Waals surface area contributed by atoms with Crippen LogP contribution in [0.25, 0.3) is 5.70 Å². The van der Waals surface area contributed by atoms with Crippen LogP contribution in [-0.4, -0.2) is 10.4 Å². The lowest BCUT2D eigenvalue weighted by atomic mass is 10.1. The first-order valence-electron chi connectivity index (χ1n) is 6.52. The van der Waals surface area contributed by atoms with Gasteiger partial charge in [0.1, 0.15) is 5.84 Å². The van der Waals surface area contributed by atoms with Gasteiger partial charge >= 0.3 is 0 Å². The molecule has 0 spiro atoms. The van der Waals surface area contributed by atoms with Crippen LogP contribution in [0.2, 0.25) is 0 Å². The lowest BCUT2D eigenvalue weighted by molar-refractivity contribution is 0.856. The van der Waals surface area contributed by atoms with Gasteiger partial charge in [-0.15, -0.1) is 0 Å². The molecule has 5 heteroatoms. The molecule has 0 aliphatic carbocycles. The third kappa shape index (κ3) is 3.39. The van der Waals surface area contributed by atoms with E-state index in [2.05, 4.69) is 4.99 Å². The van der Waals surface area contributed by atoms with Crippen molar-refractivity contribution in [3.63, 3.8) is 0 Å². The Morgan fingerprint density at radius 3 is 2.38 bits per heavy atom. The Hall–Kier alpha value is -2.82. The molecule has 4 N–H and O–H groups in total. The van der Waals surface area contributed by atoms with Crippen molar-refractivity contribution >= 4 is 17.2 Å². The molecule has 0 aliphatic heterocycles. The Kier molecular flexibility index (Phi) is 4.23. The SMILES string of the molecule is CC(C(N)=Nc1ccccc1)=C(N)c1ccc(=O)n(C)c1. The minimum Gasteiger partial charge on any atom is -0.398 e. The molecule has 0 saturated carbocycles. The monoisotopic (exact) mass is 282 g/mol. The number of aliphatic imine (C=N–C) groups is 1. The summed E-state index contributed by atoms with van der Waals surface area (Å²) in [5, 5.41) is 0. The molecule has 5 nitrogen and oxygen atoms in total. The zero-order valence-electron chi connectivity index (χ0n) is 12.1. The molecule has 1 aromatic heterocycles. The van der Waals surface area contributed by atoms with Crippen molar-refractivity contribution in [1.82, 2.24) is 4.57 Å². The van der Waals surface area contributed by atoms with Gasteiger partial charge in [0.15, 0.2) is 0 Å². The van der Waals surface area contributed by atoms with Crippen molar-refractivity contribution < 1.29 is 0 Å². The fourth-order valence-corrected chi connectivity index (χ4v) is 1.83. The van der Waals surface area contributed by atoms with Crippen LogP contribution >= 0.6 is 0 Å². The highest BCUT2D eigenvalue weighted by Gasteiger charge is 2.06. The van der Waals surface area contributed by atoms with Crippen LogP contribution in [0.15, 0.2) is 64.0 Å². The quantitative estimate of drug-likeness (QED) is 0.664. The molecule has 0 saturated heterocycles. The molecular weight excluding hydrogens is 264 g/mol. The van der Waals surface area contributed by atoms with Crippen LogP contribution in [0, 0.1) is 0 Å². The van der Waals surface area contributed by atoms with Crippen LogP contribution in [0.3, 0.4) is 0 Å². The molecule has 1 heterocycles. The molecule has 21 heavy (non-hydrogen) atoms. The maximum Gasteiger partial charge on any atom is 0.250 e. The molecule has 1 aromatic carbocycles. The second kappa shape index (κ2) is 6.09. The smallest absolute Gasteiger partial charge is 0.250 e. The molecular formula is C16H18N4O. The summed E-state index contributed by atoms with van der Waals surface area (Å²) in [5.74, 6) is 0.354. The van der Waals surface area contributed by atoms with Gasteiger partial charge in [-0.2, -0.15) is 0 Å². The standard InChI is InChI=1S/C16H18N4O/c1-11(16(18)19-13-6-4-3-5-7-13)15(17)12-8-9-14(21)20(2)10-12/h3-10H,17H2,1-2H3,(H2,18,19). The summed E-state index contributed by atoms with van der Waals surface area (Å²) >= 11 is 0. The molecule has 0 atom stereocenters. The Balaban J connectivity index is 2.39. The number of benzene rings is 1. The third-order valence-electron chi connectivity index (χ3n) is 3.19. The topological polar surface area (TPSA) is 86.4 Å². The van der Waals surface area contributed by atoms with Crippen LogP contribution in [-0.2, 0) is 7.05 Å². The summed E-state index contributed by atoms with van der Waals surface area (Å²) in [7, 11) is 1.68. The first kappa shape index (κ1) is 14.6. The molecule has 0 fully saturated rings. The summed E-state index contributed by atoms with van der Waals surface area (Å²) in [6.45, 7) is 1.81. The summed E-state index contributed by atoms with van der Waals surface area (Å²) in [6.07, 6.45) is 1.68. The molecule has 0 radical (unpaired) electrons. The Morgan fingerprint density at radius 2 is 1.76 bits per heavy atom. The van der Waals surface area contributed by atoms with Crippen molar-refractivity contribution in [3.05, 3.63) is 70.2 Å². The van der Waals surface area contributed by atoms with Crippen molar-refractivity contribution in [2.24, 2.45) is 23.5 Å². The fourth-order valence-electron chi connectivity index (χ4n) is 1.83. The summed E-state index contributed by atoms with van der Waals surface area (Å²) in [4.78, 5) is 15.7. The average molecular weight is 282 g/mol. The molecule has 0 amide bonds. The maximum atomic E-state index is 11.4. The molecule has 0 unspecified atom stereocenters. The number of nitrogens with zero attached hydrogens (tertiary/aromatic N) is 2. The van der Waals surface area contributed by atoms with E-state index in [1.165, 1.54) is 10.6 Å². The van der Waals surface area contributed by atoms with Gasteiger partial charge < -0.3 is 16.0 Å². The summed E-state index contributed by atoms with van der Waals surface area (Å²) in [6, 6.07) is 12.6. The lowest BCUT2D eigenvalue weighted by Gasteiger charge is -2.09. The van der Waals surface area contributed by atoms with E-state index in [0.29, 0.717) is 17.1 Å². The fraction of sp³-hybridized carbons (Fsp3) is 0.125. The number of rotatable bonds is 3. The molecule has 2 rings (SSSR count). The van der Waals surface area contributed by atoms with Gasteiger partial charge in [0.25, 0.3) is 0 Å². The number of hydrogen-bond acceptors (Lipinski definition) is 3. The molecule has 0 aliphatic rings. The van der Waals surface area contributed by atoms with E-state index in [-0.39, 0.29) is 5.56 Å². The number of amidine groups is 1. The van der Waals surface area contributed by atoms with Gasteiger partial charge in [-0.3, -0.25) is 4.79 Å². The second-order valence-corrected chi connectivity index (χ2v) is 4.74. The highest BCUT2D eigenvalue weighted by Crippen LogP contribution is 2.15. The minimum absolute atomic E-state index is 0.0878. The zero-order valence-corrected chi connectivity index (χ0v) is 12.1. The first-order chi connectivity index (χ1) is 9.99. The number of aryl methyl sites for hydroxylation is 1. The van der Waals surface area contributed by atoms with Gasteiger partial charge in [-0.05, 0) is 25.1 Å². The van der Waals surface area contributed by atoms with Crippen molar-refractivity contribution in [1.29, 1.82) is 0 Å². The van der Waals surface area contributed by atoms with Gasteiger partial charge in [0.2, 0.25) is 5.56 Å². The van der Waals surface area contributed by atoms with Crippen molar-refractivity contribution in [3.8, 4) is 0 Å². The predicted octanol–water partition coefficient (Wildman–Crippen LogP) is 1.76. The zero-order chi connectivity index (χ0) is 15.4. The van der Waals surface area contributed by atoms with E-state index in [4.69, 9.17) is 11.5 Å². The summed E-state index contributed by atoms with van der Waals surface area (Å²) in [5.41, 5.74) is 14.7. The number of hydrogen-bond donors (Lipinski definition) is 2. The van der Waals surface area contributed by atoms with E-state index in [1.54, 1.807) is 19.3 Å². The number of pyridine rings is 1. The Labute approximate surface area is 123 Å². The number of para-hydroxylation sites is 1. The van der Waals surface area contributed by atoms with Crippen LogP contribution in [0.4, 0.5) is 5.69 Å². The lowest BCUT2D eigenvalue weighted by Crippen LogP contribution is -2.19. The predicted molar refractivity (Wildman–Crippen MR) is 86.2 cm³/mol. The molecule has 2 aromatic rings. The summed E-state index contributed by atoms with van der Waals surface area (Å²) < 4.78 is 1.47. The van der Waals surface area contributed by atoms with Crippen LogP contribution in [0.5, 0.6) is 0 Å². The van der Waals surface area contributed by atoms with E-state index in [1.807, 2.05) is 37.3 Å². The first-order valence-corrected chi connectivity index (χ1v) is 6.52. The highest BCUT2D eigenvalue weighted by molar-refractivity contribution is 6.03. The van der Waals surface area contributed by atoms with E-state index < -0.39 is 0 Å². The largest absolute Gasteiger partial charge is 0.398 e. The molecule has 0 bridgehead atoms. The van der Waals surface area contributed by atoms with Gasteiger partial charge in [-0.25, -0.2) is 4.99 Å². The third-order valence-corrected chi connectivity index (χ3v) is 3.19. The highest BCUT2D eigenvalue weighted by atomic mass is 16.1. The average Bonchev–Trinajstić information content (AvgIpc) is 2.49. The van der Waals surface area contributed by atoms with E-state index in [0.717, 1.165) is 11.3 Å². The normalized spacial score (nSPS) is 13.0. The Bertz CT molecular complexity index is 757. The van der Waals surface area contributed by atoms with Gasteiger partial charge in [0, 0.05) is 36.1 Å². The molecule has 108 valence electrons. The van der Waals surface area contributed by atoms with E-state index >= 15 is 0 Å². The van der Waals surface area contributed by atoms with Crippen LogP contribution in [0.1, 0.15) is 12.5 Å².